The van der Waals surface area contributed by atoms with E-state index >= 15 is 0 Å². The molecule has 100 valence electrons. The van der Waals surface area contributed by atoms with Crippen LogP contribution in [0.2, 0.25) is 0 Å². The summed E-state index contributed by atoms with van der Waals surface area (Å²) in [6.45, 7) is 3.77. The van der Waals surface area contributed by atoms with Crippen molar-refractivity contribution >= 4 is 27.5 Å². The van der Waals surface area contributed by atoms with Crippen LogP contribution in [0.3, 0.4) is 0 Å². The van der Waals surface area contributed by atoms with Gasteiger partial charge in [0.2, 0.25) is 5.91 Å². The number of carbonyl (C=O) groups is 1. The maximum absolute atomic E-state index is 11.8. The Hall–Kier alpha value is -0.910. The van der Waals surface area contributed by atoms with Gasteiger partial charge in [0.05, 0.1) is 13.2 Å². The first kappa shape index (κ1) is 15.1. The predicted octanol–water partition coefficient (Wildman–Crippen LogP) is 2.09. The second kappa shape index (κ2) is 8.24. The summed E-state index contributed by atoms with van der Waals surface area (Å²) < 4.78 is 0.932. The molecule has 1 amide bonds. The highest BCUT2D eigenvalue weighted by molar-refractivity contribution is 9.10. The zero-order valence-electron chi connectivity index (χ0n) is 10.5. The number of aliphatic hydroxyl groups excluding tert-OH is 1. The van der Waals surface area contributed by atoms with Gasteiger partial charge in [-0.15, -0.1) is 0 Å². The number of aliphatic hydroxyl groups is 1. The smallest absolute Gasteiger partial charge is 0.238 e. The van der Waals surface area contributed by atoms with E-state index in [0.29, 0.717) is 13.1 Å². The second-order valence-corrected chi connectivity index (χ2v) is 4.97. The van der Waals surface area contributed by atoms with Crippen molar-refractivity contribution in [3.05, 3.63) is 28.7 Å². The van der Waals surface area contributed by atoms with Crippen LogP contribution in [-0.4, -0.2) is 42.2 Å². The molecule has 0 aliphatic carbocycles. The second-order valence-electron chi connectivity index (χ2n) is 4.06. The summed E-state index contributed by atoms with van der Waals surface area (Å²) in [5, 5.41) is 11.8. The van der Waals surface area contributed by atoms with Crippen molar-refractivity contribution in [2.24, 2.45) is 0 Å². The minimum Gasteiger partial charge on any atom is -0.395 e. The summed E-state index contributed by atoms with van der Waals surface area (Å²) in [7, 11) is 0. The molecule has 0 spiro atoms. The molecular weight excluding hydrogens is 296 g/mol. The average Bonchev–Trinajstić information content (AvgIpc) is 2.29. The van der Waals surface area contributed by atoms with Gasteiger partial charge in [-0.3, -0.25) is 9.69 Å². The van der Waals surface area contributed by atoms with Crippen molar-refractivity contribution in [1.29, 1.82) is 0 Å². The molecule has 0 unspecified atom stereocenters. The number of hydrogen-bond donors (Lipinski definition) is 2. The minimum atomic E-state index is -0.0602. The maximum Gasteiger partial charge on any atom is 0.238 e. The summed E-state index contributed by atoms with van der Waals surface area (Å²) >= 11 is 3.36. The van der Waals surface area contributed by atoms with Crippen LogP contribution < -0.4 is 5.32 Å². The van der Waals surface area contributed by atoms with Crippen molar-refractivity contribution in [3.63, 3.8) is 0 Å². The quantitative estimate of drug-likeness (QED) is 0.810. The lowest BCUT2D eigenvalue weighted by Crippen LogP contribution is -2.35. The lowest BCUT2D eigenvalue weighted by Gasteiger charge is -2.19. The Balaban J connectivity index is 2.49. The standard InChI is InChI=1S/C13H19BrN2O2/c1-2-6-16(7-8-17)10-13(18)15-12-5-3-4-11(14)9-12/h3-5,9,17H,2,6-8,10H2,1H3,(H,15,18). The molecule has 0 aliphatic heterocycles. The van der Waals surface area contributed by atoms with Crippen LogP contribution in [0.15, 0.2) is 28.7 Å². The number of benzene rings is 1. The van der Waals surface area contributed by atoms with Gasteiger partial charge in [0.1, 0.15) is 0 Å². The molecule has 0 radical (unpaired) electrons. The van der Waals surface area contributed by atoms with Crippen LogP contribution in [-0.2, 0) is 4.79 Å². The summed E-state index contributed by atoms with van der Waals surface area (Å²) in [6, 6.07) is 7.48. The number of amides is 1. The van der Waals surface area contributed by atoms with Gasteiger partial charge in [-0.2, -0.15) is 0 Å². The molecule has 1 aromatic carbocycles. The molecule has 1 aromatic rings. The van der Waals surface area contributed by atoms with Crippen LogP contribution in [0.4, 0.5) is 5.69 Å². The maximum atomic E-state index is 11.8. The largest absolute Gasteiger partial charge is 0.395 e. The van der Waals surface area contributed by atoms with Gasteiger partial charge in [0.15, 0.2) is 0 Å². The molecule has 2 N–H and O–H groups in total. The van der Waals surface area contributed by atoms with Crippen molar-refractivity contribution in [2.75, 3.05) is 31.6 Å². The fourth-order valence-electron chi connectivity index (χ4n) is 1.70. The molecule has 5 heteroatoms. The number of halogens is 1. The zero-order chi connectivity index (χ0) is 13.4. The first-order valence-electron chi connectivity index (χ1n) is 6.04. The van der Waals surface area contributed by atoms with E-state index in [2.05, 4.69) is 28.2 Å². The van der Waals surface area contributed by atoms with E-state index in [-0.39, 0.29) is 12.5 Å². The summed E-state index contributed by atoms with van der Waals surface area (Å²) in [5.41, 5.74) is 0.773. The number of anilines is 1. The van der Waals surface area contributed by atoms with Crippen LogP contribution in [0.1, 0.15) is 13.3 Å². The molecule has 0 atom stereocenters. The van der Waals surface area contributed by atoms with E-state index < -0.39 is 0 Å². The predicted molar refractivity (Wildman–Crippen MR) is 76.6 cm³/mol. The van der Waals surface area contributed by atoms with Gasteiger partial charge in [0.25, 0.3) is 0 Å². The molecule has 0 bridgehead atoms. The van der Waals surface area contributed by atoms with Gasteiger partial charge >= 0.3 is 0 Å². The molecule has 0 fully saturated rings. The number of nitrogens with one attached hydrogen (secondary N) is 1. The average molecular weight is 315 g/mol. The van der Waals surface area contributed by atoms with E-state index in [4.69, 9.17) is 5.11 Å². The molecule has 0 aliphatic rings. The van der Waals surface area contributed by atoms with Gasteiger partial charge in [-0.25, -0.2) is 0 Å². The molecule has 1 rings (SSSR count). The molecule has 0 heterocycles. The minimum absolute atomic E-state index is 0.0602. The summed E-state index contributed by atoms with van der Waals surface area (Å²) in [4.78, 5) is 13.8. The number of rotatable bonds is 7. The Kier molecular flexibility index (Phi) is 6.93. The SMILES string of the molecule is CCCN(CCO)CC(=O)Nc1cccc(Br)c1. The van der Waals surface area contributed by atoms with Gasteiger partial charge < -0.3 is 10.4 Å². The highest BCUT2D eigenvalue weighted by atomic mass is 79.9. The molecule has 0 aromatic heterocycles. The molecule has 0 saturated heterocycles. The third-order valence-electron chi connectivity index (χ3n) is 2.43. The Morgan fingerprint density at radius 1 is 1.44 bits per heavy atom. The number of hydrogen-bond acceptors (Lipinski definition) is 3. The Bertz CT molecular complexity index is 379. The van der Waals surface area contributed by atoms with Gasteiger partial charge in [-0.1, -0.05) is 28.9 Å². The highest BCUT2D eigenvalue weighted by Gasteiger charge is 2.09. The normalized spacial score (nSPS) is 10.7. The zero-order valence-corrected chi connectivity index (χ0v) is 12.1. The topological polar surface area (TPSA) is 52.6 Å². The lowest BCUT2D eigenvalue weighted by atomic mass is 10.3. The first-order valence-corrected chi connectivity index (χ1v) is 6.83. The molecule has 0 saturated carbocycles. The van der Waals surface area contributed by atoms with E-state index in [1.54, 1.807) is 0 Å². The fourth-order valence-corrected chi connectivity index (χ4v) is 2.10. The third kappa shape index (κ3) is 5.62. The van der Waals surface area contributed by atoms with E-state index in [0.717, 1.165) is 23.1 Å². The first-order chi connectivity index (χ1) is 8.65. The molecule has 4 nitrogen and oxygen atoms in total. The van der Waals surface area contributed by atoms with Crippen LogP contribution in [0.25, 0.3) is 0 Å². The van der Waals surface area contributed by atoms with E-state index in [1.165, 1.54) is 0 Å². The lowest BCUT2D eigenvalue weighted by molar-refractivity contribution is -0.117. The summed E-state index contributed by atoms with van der Waals surface area (Å²) in [5.74, 6) is -0.0602. The number of carbonyl (C=O) groups excluding carboxylic acids is 1. The third-order valence-corrected chi connectivity index (χ3v) is 2.92. The van der Waals surface area contributed by atoms with Gasteiger partial charge in [-0.05, 0) is 31.2 Å². The van der Waals surface area contributed by atoms with Crippen molar-refractivity contribution in [2.45, 2.75) is 13.3 Å². The highest BCUT2D eigenvalue weighted by Crippen LogP contribution is 2.15. The summed E-state index contributed by atoms with van der Waals surface area (Å²) in [6.07, 6.45) is 0.962. The van der Waals surface area contributed by atoms with Crippen LogP contribution in [0.5, 0.6) is 0 Å². The Morgan fingerprint density at radius 3 is 2.83 bits per heavy atom. The van der Waals surface area contributed by atoms with Crippen LogP contribution >= 0.6 is 15.9 Å². The Morgan fingerprint density at radius 2 is 2.22 bits per heavy atom. The van der Waals surface area contributed by atoms with Crippen molar-refractivity contribution < 1.29 is 9.90 Å². The Labute approximate surface area is 116 Å². The van der Waals surface area contributed by atoms with E-state index in [9.17, 15) is 4.79 Å². The van der Waals surface area contributed by atoms with Crippen molar-refractivity contribution in [3.8, 4) is 0 Å². The van der Waals surface area contributed by atoms with E-state index in [1.807, 2.05) is 29.2 Å². The monoisotopic (exact) mass is 314 g/mol. The van der Waals surface area contributed by atoms with Crippen LogP contribution in [0, 0.1) is 0 Å². The molecule has 18 heavy (non-hydrogen) atoms. The van der Waals surface area contributed by atoms with Gasteiger partial charge in [0, 0.05) is 16.7 Å². The number of nitrogens with zero attached hydrogens (tertiary/aromatic N) is 1. The van der Waals surface area contributed by atoms with Crippen molar-refractivity contribution in [1.82, 2.24) is 4.90 Å². The molecular formula is C13H19BrN2O2. The fraction of sp³-hybridized carbons (Fsp3) is 0.462.